The fourth-order valence-electron chi connectivity index (χ4n) is 2.58. The molecule has 1 amide bonds. The van der Waals surface area contributed by atoms with Gasteiger partial charge < -0.3 is 10.2 Å². The molecule has 0 aliphatic carbocycles. The lowest BCUT2D eigenvalue weighted by Crippen LogP contribution is -2.32. The van der Waals surface area contributed by atoms with Crippen molar-refractivity contribution >= 4 is 11.6 Å². The Morgan fingerprint density at radius 3 is 2.95 bits per heavy atom. The summed E-state index contributed by atoms with van der Waals surface area (Å²) in [7, 11) is 0. The van der Waals surface area contributed by atoms with Gasteiger partial charge in [0.25, 0.3) is 5.91 Å². The predicted octanol–water partition coefficient (Wildman–Crippen LogP) is 2.69. The minimum atomic E-state index is -0.699. The molecule has 0 bridgehead atoms. The maximum Gasteiger partial charge on any atom is 0.257 e. The summed E-state index contributed by atoms with van der Waals surface area (Å²) in [6.07, 6.45) is 4.14. The predicted molar refractivity (Wildman–Crippen MR) is 78.5 cm³/mol. The van der Waals surface area contributed by atoms with Crippen molar-refractivity contribution < 1.29 is 13.6 Å². The van der Waals surface area contributed by atoms with Gasteiger partial charge >= 0.3 is 0 Å². The number of amides is 1. The first-order valence-electron chi connectivity index (χ1n) is 7.04. The van der Waals surface area contributed by atoms with Gasteiger partial charge in [0.2, 0.25) is 0 Å². The van der Waals surface area contributed by atoms with Gasteiger partial charge in [-0.05, 0) is 36.8 Å². The van der Waals surface area contributed by atoms with Crippen LogP contribution in [0, 0.1) is 11.6 Å². The number of hydrogen-bond acceptors (Lipinski definition) is 3. The summed E-state index contributed by atoms with van der Waals surface area (Å²) < 4.78 is 26.9. The molecule has 114 valence electrons. The van der Waals surface area contributed by atoms with E-state index in [2.05, 4.69) is 10.3 Å². The van der Waals surface area contributed by atoms with Crippen LogP contribution in [0.2, 0.25) is 0 Å². The van der Waals surface area contributed by atoms with E-state index in [1.165, 1.54) is 4.90 Å². The Morgan fingerprint density at radius 1 is 1.32 bits per heavy atom. The zero-order valence-electron chi connectivity index (χ0n) is 11.8. The van der Waals surface area contributed by atoms with E-state index in [0.717, 1.165) is 30.3 Å². The van der Waals surface area contributed by atoms with Crippen LogP contribution < -0.4 is 5.32 Å². The summed E-state index contributed by atoms with van der Waals surface area (Å²) in [5, 5.41) is 3.28. The molecule has 0 radical (unpaired) electrons. The maximum absolute atomic E-state index is 13.7. The molecule has 1 aromatic heterocycles. The van der Waals surface area contributed by atoms with Crippen LogP contribution in [0.25, 0.3) is 0 Å². The largest absolute Gasteiger partial charge is 0.379 e. The zero-order valence-corrected chi connectivity index (χ0v) is 11.8. The lowest BCUT2D eigenvalue weighted by molar-refractivity contribution is 0.0786. The highest BCUT2D eigenvalue weighted by atomic mass is 19.1. The third-order valence-electron chi connectivity index (χ3n) is 3.67. The Labute approximate surface area is 126 Å². The Hall–Kier alpha value is -2.50. The molecule has 2 aromatic rings. The number of hydrogen-bond donors (Lipinski definition) is 1. The minimum Gasteiger partial charge on any atom is -0.379 e. The van der Waals surface area contributed by atoms with Crippen LogP contribution in [-0.2, 0) is 0 Å². The second kappa shape index (κ2) is 6.09. The molecule has 1 N–H and O–H groups in total. The maximum atomic E-state index is 13.7. The van der Waals surface area contributed by atoms with Crippen LogP contribution in [0.1, 0.15) is 16.8 Å². The van der Waals surface area contributed by atoms with Crippen molar-refractivity contribution in [3.63, 3.8) is 0 Å². The molecule has 0 saturated carbocycles. The smallest absolute Gasteiger partial charge is 0.257 e. The van der Waals surface area contributed by atoms with E-state index in [4.69, 9.17) is 0 Å². The van der Waals surface area contributed by atoms with Gasteiger partial charge in [-0.1, -0.05) is 0 Å². The topological polar surface area (TPSA) is 45.2 Å². The van der Waals surface area contributed by atoms with Crippen molar-refractivity contribution in [2.24, 2.45) is 0 Å². The number of carbonyl (C=O) groups excluding carboxylic acids is 1. The van der Waals surface area contributed by atoms with Gasteiger partial charge in [0.05, 0.1) is 11.3 Å². The van der Waals surface area contributed by atoms with Crippen molar-refractivity contribution in [3.8, 4) is 0 Å². The van der Waals surface area contributed by atoms with Crippen LogP contribution in [0.15, 0.2) is 42.7 Å². The molecule has 22 heavy (non-hydrogen) atoms. The van der Waals surface area contributed by atoms with E-state index in [1.807, 2.05) is 12.1 Å². The van der Waals surface area contributed by atoms with Crippen molar-refractivity contribution in [2.75, 3.05) is 18.4 Å². The van der Waals surface area contributed by atoms with E-state index in [9.17, 15) is 13.6 Å². The number of anilines is 1. The molecular weight excluding hydrogens is 288 g/mol. The number of nitrogens with one attached hydrogen (secondary N) is 1. The Kier molecular flexibility index (Phi) is 4.00. The summed E-state index contributed by atoms with van der Waals surface area (Å²) in [6, 6.07) is 6.71. The number of carbonyl (C=O) groups is 1. The molecule has 0 spiro atoms. The lowest BCUT2D eigenvalue weighted by atomic mass is 10.2. The van der Waals surface area contributed by atoms with Gasteiger partial charge in [0.15, 0.2) is 0 Å². The van der Waals surface area contributed by atoms with Crippen LogP contribution in [0.5, 0.6) is 0 Å². The molecule has 2 heterocycles. The molecule has 1 aromatic carbocycles. The molecular formula is C16H15F2N3O. The number of aromatic nitrogens is 1. The third kappa shape index (κ3) is 3.05. The van der Waals surface area contributed by atoms with Gasteiger partial charge in [-0.25, -0.2) is 8.78 Å². The highest BCUT2D eigenvalue weighted by Crippen LogP contribution is 2.19. The molecule has 6 heteroatoms. The quantitative estimate of drug-likeness (QED) is 0.948. The second-order valence-electron chi connectivity index (χ2n) is 5.25. The first-order valence-corrected chi connectivity index (χ1v) is 7.04. The molecule has 1 aliphatic heterocycles. The van der Waals surface area contributed by atoms with Crippen molar-refractivity contribution in [3.05, 3.63) is 59.9 Å². The third-order valence-corrected chi connectivity index (χ3v) is 3.67. The number of rotatable bonds is 3. The van der Waals surface area contributed by atoms with Gasteiger partial charge in [0.1, 0.15) is 11.6 Å². The summed E-state index contributed by atoms with van der Waals surface area (Å²) in [5.41, 5.74) is 0.653. The molecule has 1 saturated heterocycles. The number of benzene rings is 1. The zero-order chi connectivity index (χ0) is 15.5. The Bertz CT molecular complexity index is 678. The summed E-state index contributed by atoms with van der Waals surface area (Å²) in [4.78, 5) is 17.8. The van der Waals surface area contributed by atoms with Crippen LogP contribution in [-0.4, -0.2) is 34.9 Å². The van der Waals surface area contributed by atoms with E-state index in [-0.39, 0.29) is 11.6 Å². The van der Waals surface area contributed by atoms with Gasteiger partial charge in [0, 0.05) is 31.5 Å². The van der Waals surface area contributed by atoms with E-state index < -0.39 is 17.5 Å². The van der Waals surface area contributed by atoms with Gasteiger partial charge in [-0.15, -0.1) is 0 Å². The SMILES string of the molecule is O=C(c1cc(F)ccc1F)N1CC[C@H](Nc2cccnc2)C1. The number of likely N-dealkylation sites (tertiary alicyclic amines) is 1. The van der Waals surface area contributed by atoms with Crippen molar-refractivity contribution in [2.45, 2.75) is 12.5 Å². The normalized spacial score (nSPS) is 17.5. The fourth-order valence-corrected chi connectivity index (χ4v) is 2.58. The molecule has 4 nitrogen and oxygen atoms in total. The van der Waals surface area contributed by atoms with E-state index >= 15 is 0 Å². The van der Waals surface area contributed by atoms with E-state index in [0.29, 0.717) is 13.1 Å². The summed E-state index contributed by atoms with van der Waals surface area (Å²) in [6.45, 7) is 0.955. The van der Waals surface area contributed by atoms with Gasteiger partial charge in [-0.3, -0.25) is 9.78 Å². The first kappa shape index (κ1) is 14.4. The van der Waals surface area contributed by atoms with Gasteiger partial charge in [-0.2, -0.15) is 0 Å². The summed E-state index contributed by atoms with van der Waals surface area (Å²) in [5.74, 6) is -1.79. The number of nitrogens with zero attached hydrogens (tertiary/aromatic N) is 2. The molecule has 1 aliphatic rings. The summed E-state index contributed by atoms with van der Waals surface area (Å²) >= 11 is 0. The Morgan fingerprint density at radius 2 is 2.18 bits per heavy atom. The Balaban J connectivity index is 1.67. The average Bonchev–Trinajstić information content (AvgIpc) is 2.98. The number of halogens is 2. The van der Waals surface area contributed by atoms with Crippen molar-refractivity contribution in [1.29, 1.82) is 0 Å². The highest BCUT2D eigenvalue weighted by Gasteiger charge is 2.28. The molecule has 0 unspecified atom stereocenters. The standard InChI is InChI=1S/C16H15F2N3O/c17-11-3-4-15(18)14(8-11)16(22)21-7-5-13(10-21)20-12-2-1-6-19-9-12/h1-4,6,8-9,13,20H,5,7,10H2/t13-/m0/s1. The lowest BCUT2D eigenvalue weighted by Gasteiger charge is -2.18. The van der Waals surface area contributed by atoms with E-state index in [1.54, 1.807) is 12.4 Å². The first-order chi connectivity index (χ1) is 10.6. The monoisotopic (exact) mass is 303 g/mol. The van der Waals surface area contributed by atoms with Crippen LogP contribution in [0.3, 0.4) is 0 Å². The molecule has 3 rings (SSSR count). The fraction of sp³-hybridized carbons (Fsp3) is 0.250. The number of pyridine rings is 1. The highest BCUT2D eigenvalue weighted by molar-refractivity contribution is 5.94. The molecule has 1 fully saturated rings. The average molecular weight is 303 g/mol. The minimum absolute atomic E-state index is 0.0739. The second-order valence-corrected chi connectivity index (χ2v) is 5.25. The van der Waals surface area contributed by atoms with Crippen molar-refractivity contribution in [1.82, 2.24) is 9.88 Å². The molecule has 1 atom stereocenters. The van der Waals surface area contributed by atoms with Crippen LogP contribution in [0.4, 0.5) is 14.5 Å². The van der Waals surface area contributed by atoms with Crippen LogP contribution >= 0.6 is 0 Å².